The standard InChI is InChI=1S/C14H21F3N2S/c1-10-5-13(11(2)20-10)7-18-6-12-3-4-19(8-12)9-14(15,16)17/h5,12,18H,3-4,6-9H2,1-2H3. The molecule has 1 fully saturated rings. The first kappa shape index (κ1) is 15.8. The van der Waals surface area contributed by atoms with Crippen molar-refractivity contribution in [1.29, 1.82) is 0 Å². The molecule has 0 amide bonds. The predicted octanol–water partition coefficient (Wildman–Crippen LogP) is 3.34. The Labute approximate surface area is 122 Å². The zero-order chi connectivity index (χ0) is 14.8. The number of halogens is 3. The smallest absolute Gasteiger partial charge is 0.312 e. The quantitative estimate of drug-likeness (QED) is 0.897. The fraction of sp³-hybridized carbons (Fsp3) is 0.714. The second-order valence-corrected chi connectivity index (χ2v) is 7.03. The topological polar surface area (TPSA) is 15.3 Å². The molecule has 20 heavy (non-hydrogen) atoms. The number of hydrogen-bond acceptors (Lipinski definition) is 3. The number of aryl methyl sites for hydroxylation is 2. The van der Waals surface area contributed by atoms with Gasteiger partial charge >= 0.3 is 6.18 Å². The fourth-order valence-electron chi connectivity index (χ4n) is 2.75. The molecule has 0 radical (unpaired) electrons. The third kappa shape index (κ3) is 4.75. The second kappa shape index (κ2) is 6.45. The first-order valence-electron chi connectivity index (χ1n) is 6.89. The highest BCUT2D eigenvalue weighted by molar-refractivity contribution is 7.12. The zero-order valence-corrected chi connectivity index (χ0v) is 12.7. The molecule has 0 aliphatic carbocycles. The molecular weight excluding hydrogens is 285 g/mol. The van der Waals surface area contributed by atoms with Gasteiger partial charge in [-0.05, 0) is 50.9 Å². The van der Waals surface area contributed by atoms with Gasteiger partial charge in [-0.1, -0.05) is 0 Å². The molecule has 1 saturated heterocycles. The second-order valence-electron chi connectivity index (χ2n) is 5.57. The van der Waals surface area contributed by atoms with Crippen LogP contribution < -0.4 is 5.32 Å². The van der Waals surface area contributed by atoms with Gasteiger partial charge in [-0.2, -0.15) is 13.2 Å². The number of nitrogens with zero attached hydrogens (tertiary/aromatic N) is 1. The van der Waals surface area contributed by atoms with Crippen molar-refractivity contribution in [2.75, 3.05) is 26.2 Å². The van der Waals surface area contributed by atoms with E-state index in [0.717, 1.165) is 19.5 Å². The molecule has 0 spiro atoms. The van der Waals surface area contributed by atoms with Crippen LogP contribution in [0, 0.1) is 19.8 Å². The Morgan fingerprint density at radius 3 is 2.75 bits per heavy atom. The minimum Gasteiger partial charge on any atom is -0.312 e. The van der Waals surface area contributed by atoms with Crippen molar-refractivity contribution in [3.05, 3.63) is 21.4 Å². The number of rotatable bonds is 5. The maximum atomic E-state index is 12.3. The van der Waals surface area contributed by atoms with Gasteiger partial charge in [0.15, 0.2) is 0 Å². The van der Waals surface area contributed by atoms with Crippen LogP contribution in [0.15, 0.2) is 6.07 Å². The first-order chi connectivity index (χ1) is 9.33. The molecule has 1 aliphatic heterocycles. The van der Waals surface area contributed by atoms with Gasteiger partial charge in [0.25, 0.3) is 0 Å². The van der Waals surface area contributed by atoms with Crippen LogP contribution in [0.3, 0.4) is 0 Å². The minimum atomic E-state index is -4.08. The number of nitrogens with one attached hydrogen (secondary N) is 1. The van der Waals surface area contributed by atoms with Gasteiger partial charge < -0.3 is 5.32 Å². The summed E-state index contributed by atoms with van der Waals surface area (Å²) in [5.41, 5.74) is 1.30. The largest absolute Gasteiger partial charge is 0.401 e. The van der Waals surface area contributed by atoms with Crippen molar-refractivity contribution in [1.82, 2.24) is 10.2 Å². The van der Waals surface area contributed by atoms with Crippen molar-refractivity contribution in [3.63, 3.8) is 0 Å². The Kier molecular flexibility index (Phi) is 5.09. The van der Waals surface area contributed by atoms with E-state index in [1.165, 1.54) is 20.2 Å². The van der Waals surface area contributed by atoms with E-state index in [0.29, 0.717) is 19.0 Å². The lowest BCUT2D eigenvalue weighted by atomic mass is 10.1. The lowest BCUT2D eigenvalue weighted by Gasteiger charge is -2.18. The minimum absolute atomic E-state index is 0.331. The van der Waals surface area contributed by atoms with Gasteiger partial charge in [0.2, 0.25) is 0 Å². The number of thiophene rings is 1. The molecule has 2 rings (SSSR count). The molecule has 1 unspecified atom stereocenters. The molecule has 114 valence electrons. The van der Waals surface area contributed by atoms with E-state index < -0.39 is 12.7 Å². The van der Waals surface area contributed by atoms with Crippen molar-refractivity contribution >= 4 is 11.3 Å². The lowest BCUT2D eigenvalue weighted by molar-refractivity contribution is -0.143. The lowest BCUT2D eigenvalue weighted by Crippen LogP contribution is -2.33. The average Bonchev–Trinajstić information content (AvgIpc) is 2.84. The molecule has 1 aromatic rings. The van der Waals surface area contributed by atoms with Gasteiger partial charge in [0.1, 0.15) is 0 Å². The molecule has 1 aliphatic rings. The summed E-state index contributed by atoms with van der Waals surface area (Å²) in [5.74, 6) is 0.331. The molecule has 0 saturated carbocycles. The summed E-state index contributed by atoms with van der Waals surface area (Å²) in [6.07, 6.45) is -3.22. The Bertz CT molecular complexity index is 442. The SMILES string of the molecule is Cc1cc(CNCC2CCN(CC(F)(F)F)C2)c(C)s1. The fourth-order valence-corrected chi connectivity index (χ4v) is 3.69. The first-order valence-corrected chi connectivity index (χ1v) is 7.71. The van der Waals surface area contributed by atoms with Gasteiger partial charge in [-0.25, -0.2) is 0 Å². The molecule has 6 heteroatoms. The summed E-state index contributed by atoms with van der Waals surface area (Å²) >= 11 is 1.79. The molecule has 1 atom stereocenters. The monoisotopic (exact) mass is 306 g/mol. The van der Waals surface area contributed by atoms with Crippen LogP contribution in [-0.4, -0.2) is 37.3 Å². The molecule has 2 heterocycles. The molecule has 0 bridgehead atoms. The van der Waals surface area contributed by atoms with Crippen LogP contribution in [0.4, 0.5) is 13.2 Å². The number of hydrogen-bond donors (Lipinski definition) is 1. The summed E-state index contributed by atoms with van der Waals surface area (Å²) in [4.78, 5) is 4.13. The van der Waals surface area contributed by atoms with Crippen LogP contribution >= 0.6 is 11.3 Å². The van der Waals surface area contributed by atoms with Crippen LogP contribution in [0.5, 0.6) is 0 Å². The van der Waals surface area contributed by atoms with Crippen molar-refractivity contribution in [2.45, 2.75) is 33.0 Å². The Morgan fingerprint density at radius 2 is 2.15 bits per heavy atom. The maximum Gasteiger partial charge on any atom is 0.401 e. The molecular formula is C14H21F3N2S. The van der Waals surface area contributed by atoms with Gasteiger partial charge in [0, 0.05) is 22.8 Å². The highest BCUT2D eigenvalue weighted by Gasteiger charge is 2.34. The summed E-state index contributed by atoms with van der Waals surface area (Å²) in [7, 11) is 0. The molecule has 1 aromatic heterocycles. The van der Waals surface area contributed by atoms with Crippen LogP contribution in [-0.2, 0) is 6.54 Å². The van der Waals surface area contributed by atoms with E-state index in [4.69, 9.17) is 0 Å². The Hall–Kier alpha value is -0.590. The summed E-state index contributed by atoms with van der Waals surface area (Å²) < 4.78 is 36.9. The van der Waals surface area contributed by atoms with Gasteiger partial charge in [0.05, 0.1) is 6.54 Å². The van der Waals surface area contributed by atoms with Crippen molar-refractivity contribution in [2.24, 2.45) is 5.92 Å². The van der Waals surface area contributed by atoms with E-state index >= 15 is 0 Å². The Morgan fingerprint density at radius 1 is 1.40 bits per heavy atom. The van der Waals surface area contributed by atoms with Crippen molar-refractivity contribution in [3.8, 4) is 0 Å². The highest BCUT2D eigenvalue weighted by Crippen LogP contribution is 2.23. The normalized spacial score (nSPS) is 20.8. The van der Waals surface area contributed by atoms with E-state index in [9.17, 15) is 13.2 Å². The molecule has 2 nitrogen and oxygen atoms in total. The molecule has 0 aromatic carbocycles. The third-order valence-corrected chi connectivity index (χ3v) is 4.67. The highest BCUT2D eigenvalue weighted by atomic mass is 32.1. The zero-order valence-electron chi connectivity index (χ0n) is 11.9. The van der Waals surface area contributed by atoms with E-state index in [1.54, 1.807) is 11.3 Å². The molecule has 1 N–H and O–H groups in total. The predicted molar refractivity (Wildman–Crippen MR) is 76.1 cm³/mol. The van der Waals surface area contributed by atoms with Crippen molar-refractivity contribution < 1.29 is 13.2 Å². The maximum absolute atomic E-state index is 12.3. The Balaban J connectivity index is 1.70. The van der Waals surface area contributed by atoms with Gasteiger partial charge in [-0.15, -0.1) is 11.3 Å². The number of alkyl halides is 3. The number of likely N-dealkylation sites (tertiary alicyclic amines) is 1. The van der Waals surface area contributed by atoms with Crippen LogP contribution in [0.2, 0.25) is 0 Å². The third-order valence-electron chi connectivity index (χ3n) is 3.67. The summed E-state index contributed by atoms with van der Waals surface area (Å²) in [6.45, 7) is 6.14. The van der Waals surface area contributed by atoms with Crippen LogP contribution in [0.1, 0.15) is 21.7 Å². The summed E-state index contributed by atoms with van der Waals surface area (Å²) in [5, 5.41) is 3.38. The van der Waals surface area contributed by atoms with E-state index in [-0.39, 0.29) is 0 Å². The van der Waals surface area contributed by atoms with Gasteiger partial charge in [-0.3, -0.25) is 4.90 Å². The van der Waals surface area contributed by atoms with E-state index in [2.05, 4.69) is 25.2 Å². The summed E-state index contributed by atoms with van der Waals surface area (Å²) in [6, 6.07) is 2.18. The van der Waals surface area contributed by atoms with E-state index in [1.807, 2.05) is 0 Å². The average molecular weight is 306 g/mol. The van der Waals surface area contributed by atoms with Crippen LogP contribution in [0.25, 0.3) is 0 Å².